The van der Waals surface area contributed by atoms with Gasteiger partial charge in [-0.15, -0.1) is 0 Å². The van der Waals surface area contributed by atoms with Crippen LogP contribution >= 0.6 is 0 Å². The molecule has 1 aliphatic rings. The molecule has 182 valence electrons. The predicted octanol–water partition coefficient (Wildman–Crippen LogP) is 6.71. The van der Waals surface area contributed by atoms with Gasteiger partial charge >= 0.3 is 6.03 Å². The summed E-state index contributed by atoms with van der Waals surface area (Å²) >= 11 is 0. The Hall–Kier alpha value is -3.89. The smallest absolute Gasteiger partial charge is 0.326 e. The van der Waals surface area contributed by atoms with Crippen LogP contribution in [0, 0.1) is 13.8 Å². The Kier molecular flexibility index (Phi) is 7.15. The summed E-state index contributed by atoms with van der Waals surface area (Å²) < 4.78 is 0. The minimum atomic E-state index is -0.109. The molecule has 4 aromatic carbocycles. The Morgan fingerprint density at radius 3 is 1.69 bits per heavy atom. The van der Waals surface area contributed by atoms with Crippen molar-refractivity contribution in [2.75, 3.05) is 11.4 Å². The van der Waals surface area contributed by atoms with Crippen molar-refractivity contribution < 1.29 is 4.79 Å². The first-order valence-corrected chi connectivity index (χ1v) is 12.7. The molecule has 0 spiro atoms. The first-order chi connectivity index (χ1) is 17.6. The Morgan fingerprint density at radius 2 is 1.22 bits per heavy atom. The molecule has 0 saturated carbocycles. The molecule has 1 fully saturated rings. The molecule has 2 amide bonds. The van der Waals surface area contributed by atoms with Gasteiger partial charge in [-0.25, -0.2) is 4.79 Å². The highest BCUT2D eigenvalue weighted by Crippen LogP contribution is 2.33. The van der Waals surface area contributed by atoms with E-state index < -0.39 is 0 Å². The number of carbonyl (C=O) groups is 1. The van der Waals surface area contributed by atoms with Gasteiger partial charge in [0.15, 0.2) is 0 Å². The average Bonchev–Trinajstić information content (AvgIpc) is 3.35. The fraction of sp³-hybridized carbons (Fsp3) is 0.219. The molecule has 36 heavy (non-hydrogen) atoms. The number of rotatable bonds is 6. The van der Waals surface area contributed by atoms with Gasteiger partial charge in [0, 0.05) is 24.5 Å². The molecule has 0 aromatic heterocycles. The van der Waals surface area contributed by atoms with Gasteiger partial charge in [-0.1, -0.05) is 96.1 Å². The van der Waals surface area contributed by atoms with Crippen LogP contribution in [0.2, 0.25) is 0 Å². The number of hydrogen-bond donors (Lipinski definition) is 2. The van der Waals surface area contributed by atoms with Crippen LogP contribution in [0.4, 0.5) is 16.2 Å². The highest BCUT2D eigenvalue weighted by molar-refractivity contribution is 5.99. The third kappa shape index (κ3) is 5.34. The number of carbonyl (C=O) groups excluding carboxylic acids is 1. The summed E-state index contributed by atoms with van der Waals surface area (Å²) in [6.07, 6.45) is 0.857. The predicted molar refractivity (Wildman–Crippen MR) is 148 cm³/mol. The fourth-order valence-electron chi connectivity index (χ4n) is 5.11. The zero-order valence-corrected chi connectivity index (χ0v) is 20.9. The molecule has 4 heteroatoms. The highest BCUT2D eigenvalue weighted by Gasteiger charge is 2.34. The third-order valence-electron chi connectivity index (χ3n) is 7.00. The van der Waals surface area contributed by atoms with E-state index in [4.69, 9.17) is 0 Å². The average molecular weight is 476 g/mol. The number of urea groups is 1. The maximum absolute atomic E-state index is 13.6. The van der Waals surface area contributed by atoms with E-state index in [-0.39, 0.29) is 24.0 Å². The molecule has 1 aliphatic heterocycles. The summed E-state index contributed by atoms with van der Waals surface area (Å²) in [6.45, 7) is 4.98. The second-order valence-corrected chi connectivity index (χ2v) is 9.70. The van der Waals surface area contributed by atoms with Gasteiger partial charge in [0.1, 0.15) is 0 Å². The number of hydrogen-bond acceptors (Lipinski definition) is 2. The molecule has 5 rings (SSSR count). The lowest BCUT2D eigenvalue weighted by atomic mass is 9.83. The summed E-state index contributed by atoms with van der Waals surface area (Å²) in [4.78, 5) is 15.3. The first-order valence-electron chi connectivity index (χ1n) is 12.7. The van der Waals surface area contributed by atoms with Gasteiger partial charge in [0.25, 0.3) is 0 Å². The minimum absolute atomic E-state index is 0.0378. The standard InChI is InChI=1S/C32H33N3O/c1-23-13-17-25(18-14-23)31(26-19-15-24(2)16-20-26)30-21-27(22-33-30)34-32(36)35(28-9-5-3-6-10-28)29-11-7-4-8-12-29/h3-20,27,30-31,33H,21-22H2,1-2H3,(H,34,36). The van der Waals surface area contributed by atoms with E-state index in [2.05, 4.69) is 73.0 Å². The maximum Gasteiger partial charge on any atom is 0.326 e. The van der Waals surface area contributed by atoms with Crippen molar-refractivity contribution in [3.8, 4) is 0 Å². The van der Waals surface area contributed by atoms with Crippen molar-refractivity contribution in [1.82, 2.24) is 10.6 Å². The number of aryl methyl sites for hydroxylation is 2. The summed E-state index contributed by atoms with van der Waals surface area (Å²) in [5.74, 6) is 0.215. The van der Waals surface area contributed by atoms with Crippen LogP contribution in [-0.2, 0) is 0 Å². The van der Waals surface area contributed by atoms with E-state index in [1.165, 1.54) is 22.3 Å². The minimum Gasteiger partial charge on any atom is -0.333 e. The van der Waals surface area contributed by atoms with E-state index >= 15 is 0 Å². The molecule has 2 N–H and O–H groups in total. The van der Waals surface area contributed by atoms with Gasteiger partial charge in [0.2, 0.25) is 0 Å². The SMILES string of the molecule is Cc1ccc(C(c2ccc(C)cc2)C2CC(NC(=O)N(c3ccccc3)c3ccccc3)CN2)cc1. The van der Waals surface area contributed by atoms with Crippen molar-refractivity contribution in [1.29, 1.82) is 0 Å². The topological polar surface area (TPSA) is 44.4 Å². The number of anilines is 2. The quantitative estimate of drug-likeness (QED) is 0.325. The lowest BCUT2D eigenvalue weighted by molar-refractivity contribution is 0.245. The van der Waals surface area contributed by atoms with E-state index in [0.717, 1.165) is 24.3 Å². The molecule has 4 nitrogen and oxygen atoms in total. The van der Waals surface area contributed by atoms with Gasteiger partial charge < -0.3 is 10.6 Å². The number of amides is 2. The Balaban J connectivity index is 1.36. The molecule has 0 bridgehead atoms. The Bertz CT molecular complexity index is 1190. The number of nitrogens with zero attached hydrogens (tertiary/aromatic N) is 1. The fourth-order valence-corrected chi connectivity index (χ4v) is 5.11. The van der Waals surface area contributed by atoms with Crippen LogP contribution in [0.3, 0.4) is 0 Å². The van der Waals surface area contributed by atoms with Crippen molar-refractivity contribution in [3.05, 3.63) is 131 Å². The Labute approximate surface area is 214 Å². The molecule has 2 unspecified atom stereocenters. The van der Waals surface area contributed by atoms with E-state index in [1.807, 2.05) is 60.7 Å². The number of nitrogens with one attached hydrogen (secondary N) is 2. The highest BCUT2D eigenvalue weighted by atomic mass is 16.2. The molecule has 0 aliphatic carbocycles. The van der Waals surface area contributed by atoms with Crippen LogP contribution in [0.25, 0.3) is 0 Å². The molecule has 1 saturated heterocycles. The van der Waals surface area contributed by atoms with Crippen LogP contribution in [0.5, 0.6) is 0 Å². The molecule has 0 radical (unpaired) electrons. The Morgan fingerprint density at radius 1 is 0.750 bits per heavy atom. The zero-order valence-electron chi connectivity index (χ0n) is 20.9. The van der Waals surface area contributed by atoms with E-state index in [0.29, 0.717) is 0 Å². The number of para-hydroxylation sites is 2. The van der Waals surface area contributed by atoms with Crippen molar-refractivity contribution in [2.24, 2.45) is 0 Å². The lowest BCUT2D eigenvalue weighted by Crippen LogP contribution is -2.43. The molecular formula is C32H33N3O. The third-order valence-corrected chi connectivity index (χ3v) is 7.00. The largest absolute Gasteiger partial charge is 0.333 e. The lowest BCUT2D eigenvalue weighted by Gasteiger charge is -2.27. The monoisotopic (exact) mass is 475 g/mol. The van der Waals surface area contributed by atoms with Gasteiger partial charge in [0.05, 0.1) is 11.4 Å². The number of benzene rings is 4. The second kappa shape index (κ2) is 10.8. The zero-order chi connectivity index (χ0) is 24.9. The molecule has 2 atom stereocenters. The van der Waals surface area contributed by atoms with Crippen molar-refractivity contribution in [3.63, 3.8) is 0 Å². The first kappa shape index (κ1) is 23.8. The normalized spacial score (nSPS) is 17.2. The van der Waals surface area contributed by atoms with E-state index in [1.54, 1.807) is 4.90 Å². The summed E-state index contributed by atoms with van der Waals surface area (Å²) in [5, 5.41) is 7.03. The van der Waals surface area contributed by atoms with Gasteiger partial charge in [-0.3, -0.25) is 4.90 Å². The van der Waals surface area contributed by atoms with E-state index in [9.17, 15) is 4.79 Å². The summed E-state index contributed by atoms with van der Waals surface area (Å²) in [6, 6.07) is 37.5. The van der Waals surface area contributed by atoms with Crippen LogP contribution in [0.15, 0.2) is 109 Å². The van der Waals surface area contributed by atoms with Crippen molar-refractivity contribution in [2.45, 2.75) is 38.3 Å². The van der Waals surface area contributed by atoms with Crippen LogP contribution in [-0.4, -0.2) is 24.7 Å². The summed E-state index contributed by atoms with van der Waals surface area (Å²) in [7, 11) is 0. The molecule has 1 heterocycles. The van der Waals surface area contributed by atoms with Crippen LogP contribution < -0.4 is 15.5 Å². The maximum atomic E-state index is 13.6. The summed E-state index contributed by atoms with van der Waals surface area (Å²) in [5.41, 5.74) is 6.80. The van der Waals surface area contributed by atoms with Crippen molar-refractivity contribution >= 4 is 17.4 Å². The van der Waals surface area contributed by atoms with Gasteiger partial charge in [-0.2, -0.15) is 0 Å². The molecular weight excluding hydrogens is 442 g/mol. The second-order valence-electron chi connectivity index (χ2n) is 9.70. The van der Waals surface area contributed by atoms with Crippen LogP contribution in [0.1, 0.15) is 34.6 Å². The van der Waals surface area contributed by atoms with Gasteiger partial charge in [-0.05, 0) is 55.7 Å². The molecule has 4 aromatic rings.